The molecule has 1 aromatic carbocycles. The summed E-state index contributed by atoms with van der Waals surface area (Å²) in [6.07, 6.45) is 4.25. The number of amides is 2. The third kappa shape index (κ3) is 7.54. The number of benzene rings is 1. The van der Waals surface area contributed by atoms with Crippen LogP contribution in [0.15, 0.2) is 30.3 Å². The van der Waals surface area contributed by atoms with E-state index < -0.39 is 6.10 Å². The third-order valence-electron chi connectivity index (χ3n) is 4.98. The summed E-state index contributed by atoms with van der Waals surface area (Å²) in [5.74, 6) is 1.15. The van der Waals surface area contributed by atoms with E-state index in [4.69, 9.17) is 0 Å². The molecule has 150 valence electrons. The number of rotatable bonds is 10. The average Bonchev–Trinajstić information content (AvgIpc) is 2.71. The topological polar surface area (TPSA) is 69.6 Å². The van der Waals surface area contributed by atoms with Crippen LogP contribution in [-0.2, 0) is 9.59 Å². The Balaban J connectivity index is 1.62. The molecule has 27 heavy (non-hydrogen) atoms. The van der Waals surface area contributed by atoms with Gasteiger partial charge in [0.2, 0.25) is 11.8 Å². The Morgan fingerprint density at radius 3 is 2.59 bits per heavy atom. The Morgan fingerprint density at radius 1 is 1.22 bits per heavy atom. The average molecular weight is 393 g/mol. The molecule has 2 amide bonds. The van der Waals surface area contributed by atoms with E-state index in [-0.39, 0.29) is 17.7 Å². The maximum absolute atomic E-state index is 12.4. The summed E-state index contributed by atoms with van der Waals surface area (Å²) in [6.45, 7) is 4.20. The van der Waals surface area contributed by atoms with Crippen LogP contribution in [0.1, 0.15) is 50.7 Å². The largest absolute Gasteiger partial charge is 0.388 e. The van der Waals surface area contributed by atoms with Crippen LogP contribution in [0, 0.1) is 5.92 Å². The van der Waals surface area contributed by atoms with Gasteiger partial charge in [-0.3, -0.25) is 9.59 Å². The van der Waals surface area contributed by atoms with Gasteiger partial charge in [-0.25, -0.2) is 0 Å². The Labute approximate surface area is 166 Å². The summed E-state index contributed by atoms with van der Waals surface area (Å²) in [5.41, 5.74) is 0.878. The van der Waals surface area contributed by atoms with Crippen molar-refractivity contribution < 1.29 is 14.7 Å². The van der Waals surface area contributed by atoms with Crippen molar-refractivity contribution in [3.05, 3.63) is 35.9 Å². The van der Waals surface area contributed by atoms with Crippen LogP contribution in [0.25, 0.3) is 0 Å². The molecule has 1 aliphatic heterocycles. The molecule has 0 aliphatic carbocycles. The van der Waals surface area contributed by atoms with Crippen molar-refractivity contribution in [3.8, 4) is 0 Å². The van der Waals surface area contributed by atoms with E-state index in [1.54, 1.807) is 0 Å². The normalized spacial score (nSPS) is 16.1. The number of nitrogens with zero attached hydrogens (tertiary/aromatic N) is 1. The third-order valence-corrected chi connectivity index (χ3v) is 5.99. The second kappa shape index (κ2) is 12.0. The summed E-state index contributed by atoms with van der Waals surface area (Å²) < 4.78 is 0. The van der Waals surface area contributed by atoms with E-state index in [9.17, 15) is 14.7 Å². The zero-order chi connectivity index (χ0) is 19.5. The summed E-state index contributed by atoms with van der Waals surface area (Å²) in [7, 11) is 0. The molecule has 6 heteroatoms. The Hall–Kier alpha value is -1.53. The van der Waals surface area contributed by atoms with Gasteiger partial charge in [-0.2, -0.15) is 0 Å². The number of unbranched alkanes of at least 4 members (excludes halogenated alkanes) is 2. The molecule has 1 unspecified atom stereocenters. The molecule has 1 fully saturated rings. The van der Waals surface area contributed by atoms with Crippen molar-refractivity contribution in [1.82, 2.24) is 10.2 Å². The summed E-state index contributed by atoms with van der Waals surface area (Å²) in [5, 5.41) is 13.2. The highest BCUT2D eigenvalue weighted by atomic mass is 32.2. The van der Waals surface area contributed by atoms with E-state index in [0.29, 0.717) is 24.6 Å². The highest BCUT2D eigenvalue weighted by molar-refractivity contribution is 7.99. The van der Waals surface area contributed by atoms with Gasteiger partial charge in [0.1, 0.15) is 0 Å². The number of aliphatic hydroxyl groups excluding tert-OH is 1. The second-order valence-corrected chi connectivity index (χ2v) is 8.13. The molecule has 2 N–H and O–H groups in total. The Kier molecular flexibility index (Phi) is 9.70. The van der Waals surface area contributed by atoms with Gasteiger partial charge in [-0.15, -0.1) is 11.8 Å². The molecule has 0 spiro atoms. The predicted molar refractivity (Wildman–Crippen MR) is 111 cm³/mol. The minimum absolute atomic E-state index is 0.0308. The monoisotopic (exact) mass is 392 g/mol. The van der Waals surface area contributed by atoms with Crippen LogP contribution in [0.4, 0.5) is 0 Å². The maximum Gasteiger partial charge on any atom is 0.232 e. The van der Waals surface area contributed by atoms with Crippen LogP contribution in [0.3, 0.4) is 0 Å². The van der Waals surface area contributed by atoms with Gasteiger partial charge in [0, 0.05) is 31.3 Å². The fourth-order valence-corrected chi connectivity index (χ4v) is 4.13. The van der Waals surface area contributed by atoms with Crippen molar-refractivity contribution in [2.24, 2.45) is 5.92 Å². The summed E-state index contributed by atoms with van der Waals surface area (Å²) >= 11 is 1.46. The minimum Gasteiger partial charge on any atom is -0.388 e. The first kappa shape index (κ1) is 21.8. The molecule has 2 rings (SSSR count). The first-order valence-corrected chi connectivity index (χ1v) is 11.1. The standard InChI is InChI=1S/C21H32N2O3S/c1-2-3-7-12-22-21(26)18-10-13-23(14-11-18)20(25)16-27-15-19(24)17-8-5-4-6-9-17/h4-6,8-9,18-19,24H,2-3,7,10-16H2,1H3,(H,22,26). The molecule has 5 nitrogen and oxygen atoms in total. The van der Waals surface area contributed by atoms with Crippen molar-refractivity contribution in [2.75, 3.05) is 31.1 Å². The molecule has 0 saturated carbocycles. The number of hydrogen-bond donors (Lipinski definition) is 2. The number of aliphatic hydroxyl groups is 1. The van der Waals surface area contributed by atoms with Gasteiger partial charge >= 0.3 is 0 Å². The SMILES string of the molecule is CCCCCNC(=O)C1CCN(C(=O)CSCC(O)c2ccccc2)CC1. The molecule has 0 bridgehead atoms. The molecular formula is C21H32N2O3S. The van der Waals surface area contributed by atoms with Crippen LogP contribution < -0.4 is 5.32 Å². The van der Waals surface area contributed by atoms with E-state index in [2.05, 4.69) is 12.2 Å². The van der Waals surface area contributed by atoms with Crippen LogP contribution >= 0.6 is 11.8 Å². The first-order chi connectivity index (χ1) is 13.1. The second-order valence-electron chi connectivity index (χ2n) is 7.09. The summed E-state index contributed by atoms with van der Waals surface area (Å²) in [4.78, 5) is 26.4. The number of nitrogens with one attached hydrogen (secondary N) is 1. The first-order valence-electron chi connectivity index (χ1n) is 9.98. The fourth-order valence-electron chi connectivity index (χ4n) is 3.24. The van der Waals surface area contributed by atoms with Crippen molar-refractivity contribution in [2.45, 2.75) is 45.1 Å². The van der Waals surface area contributed by atoms with Crippen LogP contribution in [-0.4, -0.2) is 53.0 Å². The van der Waals surface area contributed by atoms with E-state index in [1.165, 1.54) is 11.8 Å². The number of likely N-dealkylation sites (tertiary alicyclic amines) is 1. The number of carbonyl (C=O) groups excluding carboxylic acids is 2. The quantitative estimate of drug-likeness (QED) is 0.601. The van der Waals surface area contributed by atoms with E-state index in [0.717, 1.165) is 44.2 Å². The summed E-state index contributed by atoms with van der Waals surface area (Å²) in [6, 6.07) is 9.51. The van der Waals surface area contributed by atoms with Gasteiger partial charge in [0.15, 0.2) is 0 Å². The van der Waals surface area contributed by atoms with E-state index >= 15 is 0 Å². The lowest BCUT2D eigenvalue weighted by atomic mass is 9.96. The van der Waals surface area contributed by atoms with E-state index in [1.807, 2.05) is 35.2 Å². The van der Waals surface area contributed by atoms with Crippen molar-refractivity contribution in [1.29, 1.82) is 0 Å². The minimum atomic E-state index is -0.550. The van der Waals surface area contributed by atoms with Crippen LogP contribution in [0.2, 0.25) is 0 Å². The number of carbonyl (C=O) groups is 2. The highest BCUT2D eigenvalue weighted by Crippen LogP contribution is 2.21. The molecule has 1 saturated heterocycles. The lowest BCUT2D eigenvalue weighted by Gasteiger charge is -2.31. The van der Waals surface area contributed by atoms with Crippen LogP contribution in [0.5, 0.6) is 0 Å². The molecule has 0 radical (unpaired) electrons. The molecule has 1 atom stereocenters. The lowest BCUT2D eigenvalue weighted by molar-refractivity contribution is -0.133. The zero-order valence-corrected chi connectivity index (χ0v) is 17.0. The molecular weight excluding hydrogens is 360 g/mol. The Morgan fingerprint density at radius 2 is 1.93 bits per heavy atom. The van der Waals surface area contributed by atoms with Gasteiger partial charge in [0.05, 0.1) is 11.9 Å². The van der Waals surface area contributed by atoms with Gasteiger partial charge in [-0.1, -0.05) is 50.1 Å². The number of thioether (sulfide) groups is 1. The number of hydrogen-bond acceptors (Lipinski definition) is 4. The van der Waals surface area contributed by atoms with Crippen molar-refractivity contribution in [3.63, 3.8) is 0 Å². The molecule has 1 aromatic rings. The van der Waals surface area contributed by atoms with Gasteiger partial charge in [0.25, 0.3) is 0 Å². The van der Waals surface area contributed by atoms with Gasteiger partial charge < -0.3 is 15.3 Å². The fraction of sp³-hybridized carbons (Fsp3) is 0.619. The Bertz CT molecular complexity index is 574. The number of piperidine rings is 1. The molecule has 1 aliphatic rings. The highest BCUT2D eigenvalue weighted by Gasteiger charge is 2.27. The lowest BCUT2D eigenvalue weighted by Crippen LogP contribution is -2.43. The smallest absolute Gasteiger partial charge is 0.232 e. The molecule has 1 heterocycles. The predicted octanol–water partition coefficient (Wildman–Crippen LogP) is 3.00. The molecule has 0 aromatic heterocycles. The maximum atomic E-state index is 12.4. The zero-order valence-electron chi connectivity index (χ0n) is 16.2. The van der Waals surface area contributed by atoms with Gasteiger partial charge in [-0.05, 0) is 24.8 Å². The van der Waals surface area contributed by atoms with Crippen molar-refractivity contribution >= 4 is 23.6 Å².